The van der Waals surface area contributed by atoms with Gasteiger partial charge in [0.15, 0.2) is 0 Å². The molecule has 0 spiro atoms. The molecule has 11 heavy (non-hydrogen) atoms. The zero-order valence-electron chi connectivity index (χ0n) is 6.20. The fourth-order valence-electron chi connectivity index (χ4n) is 0.784. The molecule has 0 saturated carbocycles. The number of carbonyl (C=O) groups excluding carboxylic acids is 1. The molecule has 0 amide bonds. The van der Waals surface area contributed by atoms with Crippen LogP contribution in [0.2, 0.25) is 0 Å². The summed E-state index contributed by atoms with van der Waals surface area (Å²) in [6.45, 7) is 1.78. The average Bonchev–Trinajstić information content (AvgIpc) is 2.05. The first kappa shape index (κ1) is 7.72. The number of aromatic nitrogens is 1. The molecular formula is C8H9NO2. The summed E-state index contributed by atoms with van der Waals surface area (Å²) in [4.78, 5) is 23.4. The Morgan fingerprint density at radius 2 is 2.27 bits per heavy atom. The Morgan fingerprint density at radius 1 is 1.55 bits per heavy atom. The molecule has 0 aromatic carbocycles. The summed E-state index contributed by atoms with van der Waals surface area (Å²) in [6.07, 6.45) is 2.40. The molecule has 1 heterocycles. The van der Waals surface area contributed by atoms with Crippen LogP contribution in [0.5, 0.6) is 0 Å². The van der Waals surface area contributed by atoms with Crippen molar-refractivity contribution in [1.82, 2.24) is 4.98 Å². The van der Waals surface area contributed by atoms with Crippen molar-refractivity contribution in [2.75, 3.05) is 0 Å². The first-order chi connectivity index (χ1) is 5.24. The zero-order chi connectivity index (χ0) is 8.27. The average molecular weight is 151 g/mol. The van der Waals surface area contributed by atoms with Gasteiger partial charge in [-0.2, -0.15) is 0 Å². The Hall–Kier alpha value is -1.38. The van der Waals surface area contributed by atoms with Gasteiger partial charge in [0.1, 0.15) is 6.29 Å². The van der Waals surface area contributed by atoms with Crippen LogP contribution >= 0.6 is 0 Å². The van der Waals surface area contributed by atoms with E-state index in [1.54, 1.807) is 19.2 Å². The van der Waals surface area contributed by atoms with E-state index in [2.05, 4.69) is 4.98 Å². The Labute approximate surface area is 64.1 Å². The number of aromatic amines is 1. The fraction of sp³-hybridized carbons (Fsp3) is 0.250. The van der Waals surface area contributed by atoms with E-state index in [4.69, 9.17) is 0 Å². The van der Waals surface area contributed by atoms with Gasteiger partial charge in [0.25, 0.3) is 0 Å². The number of aldehydes is 1. The smallest absolute Gasteiger partial charge is 0.247 e. The van der Waals surface area contributed by atoms with Crippen LogP contribution in [0, 0.1) is 0 Å². The van der Waals surface area contributed by atoms with Crippen LogP contribution in [-0.4, -0.2) is 11.3 Å². The van der Waals surface area contributed by atoms with E-state index in [1.165, 1.54) is 6.07 Å². The molecule has 0 aliphatic carbocycles. The van der Waals surface area contributed by atoms with Gasteiger partial charge in [-0.05, 0) is 5.56 Å². The van der Waals surface area contributed by atoms with Gasteiger partial charge < -0.3 is 9.78 Å². The highest BCUT2D eigenvalue weighted by atomic mass is 16.1. The van der Waals surface area contributed by atoms with Gasteiger partial charge in [-0.3, -0.25) is 4.79 Å². The number of pyridine rings is 1. The highest BCUT2D eigenvalue weighted by molar-refractivity contribution is 5.60. The SMILES string of the molecule is CC(C=O)c1ccc(=O)[nH]c1. The fourth-order valence-corrected chi connectivity index (χ4v) is 0.784. The van der Waals surface area contributed by atoms with Crippen molar-refractivity contribution in [3.05, 3.63) is 34.2 Å². The lowest BCUT2D eigenvalue weighted by atomic mass is 10.1. The number of nitrogens with one attached hydrogen (secondary N) is 1. The summed E-state index contributed by atoms with van der Waals surface area (Å²) < 4.78 is 0. The van der Waals surface area contributed by atoms with Crippen molar-refractivity contribution in [1.29, 1.82) is 0 Å². The molecule has 1 aromatic heterocycles. The van der Waals surface area contributed by atoms with E-state index in [0.29, 0.717) is 0 Å². The van der Waals surface area contributed by atoms with Crippen molar-refractivity contribution in [2.24, 2.45) is 0 Å². The van der Waals surface area contributed by atoms with E-state index in [1.807, 2.05) is 0 Å². The van der Waals surface area contributed by atoms with E-state index in [0.717, 1.165) is 11.8 Å². The van der Waals surface area contributed by atoms with E-state index < -0.39 is 0 Å². The van der Waals surface area contributed by atoms with Gasteiger partial charge in [0.2, 0.25) is 5.56 Å². The predicted octanol–water partition coefficient (Wildman–Crippen LogP) is 0.677. The Balaban J connectivity index is 2.98. The second-order valence-electron chi connectivity index (χ2n) is 2.41. The molecule has 0 radical (unpaired) electrons. The highest BCUT2D eigenvalue weighted by Crippen LogP contribution is 2.07. The lowest BCUT2D eigenvalue weighted by molar-refractivity contribution is -0.108. The number of carbonyl (C=O) groups is 1. The molecular weight excluding hydrogens is 142 g/mol. The normalized spacial score (nSPS) is 12.5. The van der Waals surface area contributed by atoms with Gasteiger partial charge in [-0.25, -0.2) is 0 Å². The van der Waals surface area contributed by atoms with Crippen LogP contribution in [0.1, 0.15) is 18.4 Å². The number of hydrogen-bond donors (Lipinski definition) is 1. The van der Waals surface area contributed by atoms with Crippen LogP contribution < -0.4 is 5.56 Å². The maximum atomic E-state index is 10.6. The molecule has 0 bridgehead atoms. The lowest BCUT2D eigenvalue weighted by Gasteiger charge is -2.00. The monoisotopic (exact) mass is 151 g/mol. The summed E-state index contributed by atoms with van der Waals surface area (Å²) in [5.74, 6) is -0.146. The van der Waals surface area contributed by atoms with Crippen LogP contribution in [0.25, 0.3) is 0 Å². The molecule has 3 nitrogen and oxygen atoms in total. The molecule has 0 aliphatic rings. The van der Waals surface area contributed by atoms with Crippen LogP contribution in [0.4, 0.5) is 0 Å². The Bertz CT molecular complexity index is 283. The van der Waals surface area contributed by atoms with Gasteiger partial charge in [0, 0.05) is 18.2 Å². The minimum atomic E-state index is -0.146. The summed E-state index contributed by atoms with van der Waals surface area (Å²) in [5.41, 5.74) is 0.687. The third-order valence-corrected chi connectivity index (χ3v) is 1.54. The van der Waals surface area contributed by atoms with Crippen molar-refractivity contribution in [3.8, 4) is 0 Å². The molecule has 58 valence electrons. The van der Waals surface area contributed by atoms with E-state index >= 15 is 0 Å². The Kier molecular flexibility index (Phi) is 2.21. The van der Waals surface area contributed by atoms with Crippen molar-refractivity contribution in [2.45, 2.75) is 12.8 Å². The molecule has 1 N–H and O–H groups in total. The molecule has 0 aliphatic heterocycles. The number of H-pyrrole nitrogens is 1. The number of hydrogen-bond acceptors (Lipinski definition) is 2. The van der Waals surface area contributed by atoms with Crippen molar-refractivity contribution < 1.29 is 4.79 Å². The van der Waals surface area contributed by atoms with Crippen molar-refractivity contribution >= 4 is 6.29 Å². The third-order valence-electron chi connectivity index (χ3n) is 1.54. The maximum Gasteiger partial charge on any atom is 0.247 e. The predicted molar refractivity (Wildman–Crippen MR) is 41.5 cm³/mol. The zero-order valence-corrected chi connectivity index (χ0v) is 6.20. The van der Waals surface area contributed by atoms with Crippen LogP contribution in [0.15, 0.2) is 23.1 Å². The highest BCUT2D eigenvalue weighted by Gasteiger charge is 2.01. The Morgan fingerprint density at radius 3 is 2.73 bits per heavy atom. The molecule has 0 saturated heterocycles. The van der Waals surface area contributed by atoms with Gasteiger partial charge in [-0.1, -0.05) is 13.0 Å². The van der Waals surface area contributed by atoms with Gasteiger partial charge in [-0.15, -0.1) is 0 Å². The summed E-state index contributed by atoms with van der Waals surface area (Å²) >= 11 is 0. The molecule has 3 heteroatoms. The second-order valence-corrected chi connectivity index (χ2v) is 2.41. The quantitative estimate of drug-likeness (QED) is 0.632. The summed E-state index contributed by atoms with van der Waals surface area (Å²) in [7, 11) is 0. The first-order valence-electron chi connectivity index (χ1n) is 3.38. The first-order valence-corrected chi connectivity index (χ1v) is 3.38. The standard InChI is InChI=1S/C8H9NO2/c1-6(5-10)7-2-3-8(11)9-4-7/h2-6H,1H3,(H,9,11). The molecule has 1 aromatic rings. The lowest BCUT2D eigenvalue weighted by Crippen LogP contribution is -2.04. The molecule has 0 fully saturated rings. The molecule has 1 unspecified atom stereocenters. The molecule has 1 atom stereocenters. The van der Waals surface area contributed by atoms with Gasteiger partial charge >= 0.3 is 0 Å². The molecule has 1 rings (SSSR count). The topological polar surface area (TPSA) is 49.9 Å². The number of rotatable bonds is 2. The van der Waals surface area contributed by atoms with E-state index in [9.17, 15) is 9.59 Å². The maximum absolute atomic E-state index is 10.6. The summed E-state index contributed by atoms with van der Waals surface area (Å²) in [5, 5.41) is 0. The largest absolute Gasteiger partial charge is 0.329 e. The minimum Gasteiger partial charge on any atom is -0.329 e. The van der Waals surface area contributed by atoms with E-state index in [-0.39, 0.29) is 11.5 Å². The van der Waals surface area contributed by atoms with Crippen LogP contribution in [-0.2, 0) is 4.79 Å². The van der Waals surface area contributed by atoms with Gasteiger partial charge in [0.05, 0.1) is 0 Å². The second kappa shape index (κ2) is 3.14. The minimum absolute atomic E-state index is 0.146. The van der Waals surface area contributed by atoms with Crippen molar-refractivity contribution in [3.63, 3.8) is 0 Å². The summed E-state index contributed by atoms with van der Waals surface area (Å²) in [6, 6.07) is 3.06. The third kappa shape index (κ3) is 1.77. The van der Waals surface area contributed by atoms with Crippen LogP contribution in [0.3, 0.4) is 0 Å².